The predicted molar refractivity (Wildman–Crippen MR) is 267 cm³/mol. The lowest BCUT2D eigenvalue weighted by Gasteiger charge is -2.33. The van der Waals surface area contributed by atoms with Crippen molar-refractivity contribution < 1.29 is 0 Å². The third-order valence-electron chi connectivity index (χ3n) is 12.3. The van der Waals surface area contributed by atoms with Crippen molar-refractivity contribution in [3.63, 3.8) is 0 Å². The summed E-state index contributed by atoms with van der Waals surface area (Å²) in [5.74, 6) is 0. The molecule has 9 aromatic carbocycles. The summed E-state index contributed by atoms with van der Waals surface area (Å²) in [5, 5.41) is 0. The SMILES string of the molecule is CC1(c2ccc(-c3ccccc3)cc2)C=CC(N(c2ccccc2)c2ccc(-c3ccc(N(c4ccccc4)c4ccc(-c5ccc(-c6ccccc6)cc5)cc4)cc3)cc2)=CC1. The zero-order chi connectivity index (χ0) is 42.4. The Bertz CT molecular complexity index is 2960. The van der Waals surface area contributed by atoms with Crippen molar-refractivity contribution in [2.45, 2.75) is 18.8 Å². The van der Waals surface area contributed by atoms with Crippen LogP contribution in [0.5, 0.6) is 0 Å². The van der Waals surface area contributed by atoms with Gasteiger partial charge in [0.05, 0.1) is 0 Å². The standard InChI is InChI=1S/C61H48N2/c1-61(54-34-26-50(27-35-54)47-16-8-3-9-17-47)44-42-60(43-45-61)63(56-20-12-5-13-21-56)59-40-32-53(33-41-59)52-30-38-58(39-31-52)62(55-18-10-4-11-19-55)57-36-28-51(29-37-57)49-24-22-48(23-25-49)46-14-6-2-7-15-46/h2-44H,45H2,1H3. The number of hydrogen-bond acceptors (Lipinski definition) is 2. The van der Waals surface area contributed by atoms with E-state index >= 15 is 0 Å². The molecule has 0 N–H and O–H groups in total. The lowest BCUT2D eigenvalue weighted by molar-refractivity contribution is 0.595. The highest BCUT2D eigenvalue weighted by Gasteiger charge is 2.27. The monoisotopic (exact) mass is 808 g/mol. The Kier molecular flexibility index (Phi) is 10.9. The van der Waals surface area contributed by atoms with Crippen LogP contribution in [0.25, 0.3) is 44.5 Å². The molecule has 9 aromatic rings. The number of hydrogen-bond donors (Lipinski definition) is 0. The van der Waals surface area contributed by atoms with Crippen molar-refractivity contribution in [3.8, 4) is 44.5 Å². The molecule has 0 bridgehead atoms. The van der Waals surface area contributed by atoms with Gasteiger partial charge in [0.25, 0.3) is 0 Å². The van der Waals surface area contributed by atoms with E-state index in [9.17, 15) is 0 Å². The van der Waals surface area contributed by atoms with E-state index in [1.165, 1.54) is 55.8 Å². The van der Waals surface area contributed by atoms with Gasteiger partial charge in [0.15, 0.2) is 0 Å². The lowest BCUT2D eigenvalue weighted by atomic mass is 9.76. The molecule has 0 radical (unpaired) electrons. The van der Waals surface area contributed by atoms with Crippen molar-refractivity contribution >= 4 is 28.4 Å². The first-order valence-corrected chi connectivity index (χ1v) is 21.8. The largest absolute Gasteiger partial charge is 0.311 e. The molecule has 302 valence electrons. The summed E-state index contributed by atoms with van der Waals surface area (Å²) in [4.78, 5) is 4.69. The predicted octanol–water partition coefficient (Wildman–Crippen LogP) is 16.8. The average Bonchev–Trinajstić information content (AvgIpc) is 3.37. The molecule has 2 nitrogen and oxygen atoms in total. The van der Waals surface area contributed by atoms with Crippen LogP contribution in [0.15, 0.2) is 267 Å². The second kappa shape index (κ2) is 17.6. The summed E-state index contributed by atoms with van der Waals surface area (Å²) in [6.07, 6.45) is 7.97. The van der Waals surface area contributed by atoms with Crippen LogP contribution < -0.4 is 9.80 Å². The third kappa shape index (κ3) is 8.40. The summed E-state index contributed by atoms with van der Waals surface area (Å²) >= 11 is 0. The molecule has 2 heteroatoms. The average molecular weight is 809 g/mol. The van der Waals surface area contributed by atoms with Gasteiger partial charge in [-0.25, -0.2) is 0 Å². The quantitative estimate of drug-likeness (QED) is 0.128. The second-order valence-electron chi connectivity index (χ2n) is 16.5. The van der Waals surface area contributed by atoms with Crippen molar-refractivity contribution in [1.82, 2.24) is 0 Å². The smallest absolute Gasteiger partial charge is 0.0462 e. The summed E-state index contributed by atoms with van der Waals surface area (Å²) in [6.45, 7) is 2.34. The normalized spacial score (nSPS) is 14.5. The number of nitrogens with zero attached hydrogens (tertiary/aromatic N) is 2. The molecule has 0 saturated heterocycles. The van der Waals surface area contributed by atoms with Gasteiger partial charge < -0.3 is 9.80 Å². The zero-order valence-electron chi connectivity index (χ0n) is 35.4. The van der Waals surface area contributed by atoms with Crippen molar-refractivity contribution in [1.29, 1.82) is 0 Å². The van der Waals surface area contributed by atoms with Gasteiger partial charge in [-0.3, -0.25) is 0 Å². The molecular weight excluding hydrogens is 761 g/mol. The number of benzene rings is 9. The molecule has 0 fully saturated rings. The minimum absolute atomic E-state index is 0.0907. The molecule has 0 aromatic heterocycles. The Morgan fingerprint density at radius 2 is 0.587 bits per heavy atom. The molecular formula is C61H48N2. The van der Waals surface area contributed by atoms with E-state index in [2.05, 4.69) is 278 Å². The molecule has 0 spiro atoms. The van der Waals surface area contributed by atoms with Crippen LogP contribution in [-0.2, 0) is 5.41 Å². The third-order valence-corrected chi connectivity index (χ3v) is 12.3. The number of rotatable bonds is 11. The molecule has 1 aliphatic carbocycles. The molecule has 10 rings (SSSR count). The fraction of sp³-hybridized carbons (Fsp3) is 0.0492. The van der Waals surface area contributed by atoms with E-state index in [0.29, 0.717) is 0 Å². The highest BCUT2D eigenvalue weighted by atomic mass is 15.1. The minimum atomic E-state index is -0.0907. The van der Waals surface area contributed by atoms with Crippen molar-refractivity contribution in [2.24, 2.45) is 0 Å². The first kappa shape index (κ1) is 39.2. The fourth-order valence-corrected chi connectivity index (χ4v) is 8.72. The molecule has 0 aliphatic heterocycles. The number of para-hydroxylation sites is 2. The van der Waals surface area contributed by atoms with Crippen LogP contribution in [0.3, 0.4) is 0 Å². The minimum Gasteiger partial charge on any atom is -0.311 e. The van der Waals surface area contributed by atoms with Crippen molar-refractivity contribution in [2.75, 3.05) is 9.80 Å². The molecule has 1 unspecified atom stereocenters. The van der Waals surface area contributed by atoms with E-state index in [0.717, 1.165) is 34.9 Å². The van der Waals surface area contributed by atoms with E-state index in [1.54, 1.807) is 0 Å². The van der Waals surface area contributed by atoms with Crippen LogP contribution in [0.2, 0.25) is 0 Å². The van der Waals surface area contributed by atoms with Gasteiger partial charge in [-0.05, 0) is 123 Å². The maximum absolute atomic E-state index is 2.39. The first-order chi connectivity index (χ1) is 31.1. The summed E-state index contributed by atoms with van der Waals surface area (Å²) in [5.41, 5.74) is 17.7. The number of allylic oxidation sites excluding steroid dienone is 3. The van der Waals surface area contributed by atoms with E-state index in [1.807, 2.05) is 0 Å². The number of anilines is 5. The molecule has 0 amide bonds. The van der Waals surface area contributed by atoms with Gasteiger partial charge in [0.1, 0.15) is 0 Å². The van der Waals surface area contributed by atoms with Crippen LogP contribution in [0.1, 0.15) is 18.9 Å². The summed E-state index contributed by atoms with van der Waals surface area (Å²) in [7, 11) is 0. The Labute approximate surface area is 372 Å². The van der Waals surface area contributed by atoms with Gasteiger partial charge in [-0.2, -0.15) is 0 Å². The Hall–Kier alpha value is -7.94. The molecule has 1 atom stereocenters. The zero-order valence-corrected chi connectivity index (χ0v) is 35.4. The first-order valence-electron chi connectivity index (χ1n) is 21.8. The Morgan fingerprint density at radius 1 is 0.302 bits per heavy atom. The van der Waals surface area contributed by atoms with Crippen LogP contribution >= 0.6 is 0 Å². The molecule has 1 aliphatic rings. The molecule has 63 heavy (non-hydrogen) atoms. The Morgan fingerprint density at radius 3 is 0.952 bits per heavy atom. The topological polar surface area (TPSA) is 6.48 Å². The van der Waals surface area contributed by atoms with E-state index in [-0.39, 0.29) is 5.41 Å². The van der Waals surface area contributed by atoms with E-state index in [4.69, 9.17) is 0 Å². The van der Waals surface area contributed by atoms with Crippen LogP contribution in [-0.4, -0.2) is 0 Å². The molecule has 0 saturated carbocycles. The van der Waals surface area contributed by atoms with Crippen molar-refractivity contribution in [3.05, 3.63) is 272 Å². The fourth-order valence-electron chi connectivity index (χ4n) is 8.72. The van der Waals surface area contributed by atoms with E-state index < -0.39 is 0 Å². The summed E-state index contributed by atoms with van der Waals surface area (Å²) in [6, 6.07) is 87.1. The maximum atomic E-state index is 2.39. The van der Waals surface area contributed by atoms with Gasteiger partial charge in [0.2, 0.25) is 0 Å². The van der Waals surface area contributed by atoms with Crippen LogP contribution in [0, 0.1) is 0 Å². The highest BCUT2D eigenvalue weighted by molar-refractivity contribution is 5.81. The Balaban J connectivity index is 0.879. The van der Waals surface area contributed by atoms with Gasteiger partial charge in [-0.1, -0.05) is 201 Å². The summed E-state index contributed by atoms with van der Waals surface area (Å²) < 4.78 is 0. The second-order valence-corrected chi connectivity index (χ2v) is 16.5. The maximum Gasteiger partial charge on any atom is 0.0462 e. The van der Waals surface area contributed by atoms with Gasteiger partial charge in [0, 0.05) is 39.5 Å². The molecule has 0 heterocycles. The van der Waals surface area contributed by atoms with Gasteiger partial charge in [-0.15, -0.1) is 0 Å². The lowest BCUT2D eigenvalue weighted by Crippen LogP contribution is -2.24. The highest BCUT2D eigenvalue weighted by Crippen LogP contribution is 2.41. The van der Waals surface area contributed by atoms with Crippen LogP contribution in [0.4, 0.5) is 28.4 Å². The van der Waals surface area contributed by atoms with Gasteiger partial charge >= 0.3 is 0 Å².